The minimum Gasteiger partial charge on any atom is -0.462 e. The molecular formula is C36H64O6. The average molecular weight is 593 g/mol. The summed E-state index contributed by atoms with van der Waals surface area (Å²) in [5.41, 5.74) is 0. The Bertz CT molecular complexity index is 699. The summed E-state index contributed by atoms with van der Waals surface area (Å²) < 4.78 is 16.4. The third-order valence-corrected chi connectivity index (χ3v) is 7.19. The van der Waals surface area contributed by atoms with Crippen LogP contribution in [0.15, 0.2) is 24.3 Å². The molecule has 0 aromatic heterocycles. The maximum absolute atomic E-state index is 12.4. The zero-order chi connectivity index (χ0) is 30.9. The third-order valence-electron chi connectivity index (χ3n) is 7.19. The van der Waals surface area contributed by atoms with E-state index in [2.05, 4.69) is 45.1 Å². The summed E-state index contributed by atoms with van der Waals surface area (Å²) in [7, 11) is 0. The summed E-state index contributed by atoms with van der Waals surface area (Å²) in [6.07, 6.45) is 30.6. The number of hydrogen-bond donors (Lipinski definition) is 0. The predicted octanol–water partition coefficient (Wildman–Crippen LogP) is 10.1. The molecule has 0 rings (SSSR count). The Labute approximate surface area is 258 Å². The molecule has 6 heteroatoms. The average Bonchev–Trinajstić information content (AvgIpc) is 2.98. The van der Waals surface area contributed by atoms with E-state index in [-0.39, 0.29) is 31.1 Å². The Morgan fingerprint density at radius 3 is 1.40 bits per heavy atom. The quantitative estimate of drug-likeness (QED) is 0.0357. The van der Waals surface area contributed by atoms with Gasteiger partial charge >= 0.3 is 17.9 Å². The molecule has 0 aliphatic carbocycles. The van der Waals surface area contributed by atoms with Crippen molar-refractivity contribution in [2.24, 2.45) is 0 Å². The van der Waals surface area contributed by atoms with Crippen LogP contribution in [0.2, 0.25) is 0 Å². The molecule has 0 heterocycles. The summed E-state index contributed by atoms with van der Waals surface area (Å²) >= 11 is 0. The number of esters is 3. The first kappa shape index (κ1) is 39.9. The minimum absolute atomic E-state index is 0.0766. The van der Waals surface area contributed by atoms with Gasteiger partial charge in [-0.05, 0) is 44.9 Å². The van der Waals surface area contributed by atoms with E-state index in [0.29, 0.717) is 19.3 Å². The molecular weight excluding hydrogens is 528 g/mol. The van der Waals surface area contributed by atoms with Crippen LogP contribution in [0.4, 0.5) is 0 Å². The standard InChI is InChI=1S/C36H64O6/c1-4-7-10-13-15-16-17-18-19-20-21-24-26-29-35(38)41-32-33(31-40-34(37)28-25-22-12-9-6-3)42-36(39)30-27-23-14-11-8-5-2/h10,13,16-17,33H,4-9,11-12,14-15,18-32H2,1-3H3/b13-10-,17-16-. The number of carbonyl (C=O) groups excluding carboxylic acids is 3. The van der Waals surface area contributed by atoms with Gasteiger partial charge in [0, 0.05) is 19.3 Å². The lowest BCUT2D eigenvalue weighted by molar-refractivity contribution is -0.167. The monoisotopic (exact) mass is 592 g/mol. The van der Waals surface area contributed by atoms with E-state index in [1.165, 1.54) is 38.5 Å². The van der Waals surface area contributed by atoms with Gasteiger partial charge in [0.2, 0.25) is 0 Å². The molecule has 0 aromatic rings. The second-order valence-electron chi connectivity index (χ2n) is 11.4. The Morgan fingerprint density at radius 1 is 0.476 bits per heavy atom. The van der Waals surface area contributed by atoms with Crippen LogP contribution in [0, 0.1) is 0 Å². The Hall–Kier alpha value is -2.11. The number of allylic oxidation sites excluding steroid dienone is 4. The van der Waals surface area contributed by atoms with E-state index >= 15 is 0 Å². The zero-order valence-corrected chi connectivity index (χ0v) is 27.5. The molecule has 6 nitrogen and oxygen atoms in total. The van der Waals surface area contributed by atoms with Crippen molar-refractivity contribution in [1.29, 1.82) is 0 Å². The van der Waals surface area contributed by atoms with Crippen LogP contribution in [0.25, 0.3) is 0 Å². The third kappa shape index (κ3) is 29.4. The molecule has 0 saturated heterocycles. The first-order valence-corrected chi connectivity index (χ1v) is 17.3. The Kier molecular flexibility index (Phi) is 30.2. The van der Waals surface area contributed by atoms with Gasteiger partial charge in [0.15, 0.2) is 6.10 Å². The summed E-state index contributed by atoms with van der Waals surface area (Å²) in [5, 5.41) is 0. The van der Waals surface area contributed by atoms with Gasteiger partial charge in [-0.15, -0.1) is 0 Å². The van der Waals surface area contributed by atoms with Gasteiger partial charge in [0.1, 0.15) is 13.2 Å². The highest BCUT2D eigenvalue weighted by molar-refractivity contribution is 5.71. The fourth-order valence-electron chi connectivity index (χ4n) is 4.53. The van der Waals surface area contributed by atoms with Crippen molar-refractivity contribution in [3.63, 3.8) is 0 Å². The van der Waals surface area contributed by atoms with Crippen LogP contribution < -0.4 is 0 Å². The molecule has 0 amide bonds. The van der Waals surface area contributed by atoms with E-state index in [1.807, 2.05) is 0 Å². The van der Waals surface area contributed by atoms with Gasteiger partial charge in [-0.1, -0.05) is 129 Å². The Morgan fingerprint density at radius 2 is 0.905 bits per heavy atom. The molecule has 0 bridgehead atoms. The number of carbonyl (C=O) groups is 3. The molecule has 0 fully saturated rings. The molecule has 0 aromatic carbocycles. The molecule has 244 valence electrons. The van der Waals surface area contributed by atoms with Crippen LogP contribution in [0.3, 0.4) is 0 Å². The van der Waals surface area contributed by atoms with Gasteiger partial charge < -0.3 is 14.2 Å². The zero-order valence-electron chi connectivity index (χ0n) is 27.5. The van der Waals surface area contributed by atoms with E-state index in [0.717, 1.165) is 89.9 Å². The highest BCUT2D eigenvalue weighted by Gasteiger charge is 2.19. The number of unbranched alkanes of at least 4 members (excludes halogenated alkanes) is 15. The van der Waals surface area contributed by atoms with Crippen molar-refractivity contribution in [3.8, 4) is 0 Å². The lowest BCUT2D eigenvalue weighted by Gasteiger charge is -2.18. The molecule has 0 spiro atoms. The van der Waals surface area contributed by atoms with Gasteiger partial charge in [-0.3, -0.25) is 14.4 Å². The first-order valence-electron chi connectivity index (χ1n) is 17.3. The van der Waals surface area contributed by atoms with Crippen LogP contribution in [-0.4, -0.2) is 37.2 Å². The van der Waals surface area contributed by atoms with Crippen molar-refractivity contribution >= 4 is 17.9 Å². The van der Waals surface area contributed by atoms with Crippen molar-refractivity contribution < 1.29 is 28.6 Å². The van der Waals surface area contributed by atoms with Crippen LogP contribution >= 0.6 is 0 Å². The van der Waals surface area contributed by atoms with Crippen LogP contribution in [0.1, 0.15) is 168 Å². The molecule has 0 radical (unpaired) electrons. The van der Waals surface area contributed by atoms with E-state index < -0.39 is 6.10 Å². The second kappa shape index (κ2) is 31.8. The lowest BCUT2D eigenvalue weighted by atomic mass is 10.1. The van der Waals surface area contributed by atoms with Gasteiger partial charge in [0.25, 0.3) is 0 Å². The van der Waals surface area contributed by atoms with E-state index in [1.54, 1.807) is 0 Å². The van der Waals surface area contributed by atoms with E-state index in [4.69, 9.17) is 14.2 Å². The normalized spacial score (nSPS) is 12.2. The van der Waals surface area contributed by atoms with Crippen molar-refractivity contribution in [2.75, 3.05) is 13.2 Å². The van der Waals surface area contributed by atoms with Crippen LogP contribution in [0.5, 0.6) is 0 Å². The maximum atomic E-state index is 12.4. The highest BCUT2D eigenvalue weighted by atomic mass is 16.6. The van der Waals surface area contributed by atoms with Gasteiger partial charge in [-0.25, -0.2) is 0 Å². The molecule has 1 unspecified atom stereocenters. The fraction of sp³-hybridized carbons (Fsp3) is 0.806. The van der Waals surface area contributed by atoms with Crippen molar-refractivity contribution in [3.05, 3.63) is 24.3 Å². The molecule has 0 aliphatic heterocycles. The maximum Gasteiger partial charge on any atom is 0.306 e. The summed E-state index contributed by atoms with van der Waals surface area (Å²) in [4.78, 5) is 36.9. The second-order valence-corrected chi connectivity index (χ2v) is 11.4. The molecule has 42 heavy (non-hydrogen) atoms. The SMILES string of the molecule is CCC/C=C\C/C=C\CCCCCCCC(=O)OCC(COC(=O)CCCCCCC)OC(=O)CCCCCCCC. The van der Waals surface area contributed by atoms with Crippen molar-refractivity contribution in [2.45, 2.75) is 175 Å². The smallest absolute Gasteiger partial charge is 0.306 e. The first-order chi connectivity index (χ1) is 20.5. The van der Waals surface area contributed by atoms with Crippen molar-refractivity contribution in [1.82, 2.24) is 0 Å². The summed E-state index contributed by atoms with van der Waals surface area (Å²) in [6.45, 7) is 6.37. The van der Waals surface area contributed by atoms with Crippen LogP contribution in [-0.2, 0) is 28.6 Å². The summed E-state index contributed by atoms with van der Waals surface area (Å²) in [6, 6.07) is 0. The topological polar surface area (TPSA) is 78.9 Å². The largest absolute Gasteiger partial charge is 0.462 e. The lowest BCUT2D eigenvalue weighted by Crippen LogP contribution is -2.30. The van der Waals surface area contributed by atoms with Gasteiger partial charge in [0.05, 0.1) is 0 Å². The summed E-state index contributed by atoms with van der Waals surface area (Å²) in [5.74, 6) is -0.924. The van der Waals surface area contributed by atoms with Gasteiger partial charge in [-0.2, -0.15) is 0 Å². The predicted molar refractivity (Wildman–Crippen MR) is 173 cm³/mol. The Balaban J connectivity index is 4.27. The van der Waals surface area contributed by atoms with E-state index in [9.17, 15) is 14.4 Å². The molecule has 1 atom stereocenters. The molecule has 0 saturated carbocycles. The molecule has 0 aliphatic rings. The fourth-order valence-corrected chi connectivity index (χ4v) is 4.53. The number of hydrogen-bond acceptors (Lipinski definition) is 6. The highest BCUT2D eigenvalue weighted by Crippen LogP contribution is 2.12. The number of ether oxygens (including phenoxy) is 3. The number of rotatable bonds is 30. The molecule has 0 N–H and O–H groups in total. The minimum atomic E-state index is -0.763.